The van der Waals surface area contributed by atoms with E-state index in [2.05, 4.69) is 18.0 Å². The Morgan fingerprint density at radius 1 is 1.27 bits per heavy atom. The molecular formula is C8H14N2S. The molecule has 0 aliphatic heterocycles. The third kappa shape index (κ3) is 2.52. The molecular weight excluding hydrogens is 156 g/mol. The first kappa shape index (κ1) is 10.5. The number of nitrogens with zero attached hydrogens (tertiary/aromatic N) is 1. The molecule has 3 N–H and O–H groups in total. The molecule has 0 aliphatic rings. The highest BCUT2D eigenvalue weighted by atomic mass is 32.2. The third-order valence-electron chi connectivity index (χ3n) is 1.53. The van der Waals surface area contributed by atoms with Gasteiger partial charge in [0, 0.05) is 5.69 Å². The van der Waals surface area contributed by atoms with Crippen LogP contribution in [0.2, 0.25) is 0 Å². The van der Waals surface area contributed by atoms with Gasteiger partial charge < -0.3 is 6.15 Å². The Hall–Kier alpha value is -0.540. The number of aromatic nitrogens is 1. The molecule has 1 aromatic rings. The van der Waals surface area contributed by atoms with Crippen LogP contribution in [0.5, 0.6) is 0 Å². The van der Waals surface area contributed by atoms with Crippen molar-refractivity contribution in [3.8, 4) is 0 Å². The maximum atomic E-state index is 4.35. The van der Waals surface area contributed by atoms with Gasteiger partial charge in [-0.2, -0.15) is 0 Å². The van der Waals surface area contributed by atoms with Gasteiger partial charge in [-0.3, -0.25) is 0 Å². The zero-order chi connectivity index (χ0) is 7.56. The predicted molar refractivity (Wildman–Crippen MR) is 50.5 cm³/mol. The minimum atomic E-state index is 0. The van der Waals surface area contributed by atoms with E-state index in [0.29, 0.717) is 0 Å². The molecule has 62 valence electrons. The maximum Gasteiger partial charge on any atom is 0.0960 e. The van der Waals surface area contributed by atoms with Crippen molar-refractivity contribution in [1.82, 2.24) is 11.1 Å². The monoisotopic (exact) mass is 170 g/mol. The van der Waals surface area contributed by atoms with Crippen molar-refractivity contribution in [3.63, 3.8) is 0 Å². The van der Waals surface area contributed by atoms with E-state index in [9.17, 15) is 0 Å². The Labute approximate surface area is 72.0 Å². The Morgan fingerprint density at radius 2 is 1.91 bits per heavy atom. The van der Waals surface area contributed by atoms with Crippen LogP contribution in [0.3, 0.4) is 0 Å². The standard InChI is InChI=1S/C8H11NS.H3N/c1-6-4-5-8(10-3)9-7(6)2;/h4-5H,1-3H3;1H3. The molecule has 11 heavy (non-hydrogen) atoms. The molecule has 0 bridgehead atoms. The summed E-state index contributed by atoms with van der Waals surface area (Å²) in [4.78, 5) is 4.35. The molecule has 0 unspecified atom stereocenters. The van der Waals surface area contributed by atoms with Crippen LogP contribution in [-0.2, 0) is 0 Å². The zero-order valence-corrected chi connectivity index (χ0v) is 8.03. The average molecular weight is 170 g/mol. The summed E-state index contributed by atoms with van der Waals surface area (Å²) < 4.78 is 0. The van der Waals surface area contributed by atoms with Crippen molar-refractivity contribution < 1.29 is 0 Å². The van der Waals surface area contributed by atoms with Gasteiger partial charge in [-0.25, -0.2) is 4.98 Å². The first-order valence-electron chi connectivity index (χ1n) is 3.22. The molecule has 0 saturated carbocycles. The van der Waals surface area contributed by atoms with E-state index < -0.39 is 0 Å². The topological polar surface area (TPSA) is 47.9 Å². The van der Waals surface area contributed by atoms with E-state index in [1.807, 2.05) is 19.2 Å². The Morgan fingerprint density at radius 3 is 2.36 bits per heavy atom. The van der Waals surface area contributed by atoms with Crippen LogP contribution in [0.25, 0.3) is 0 Å². The van der Waals surface area contributed by atoms with Crippen LogP contribution in [0.4, 0.5) is 0 Å². The highest BCUT2D eigenvalue weighted by Gasteiger charge is 1.94. The van der Waals surface area contributed by atoms with Gasteiger partial charge in [0.25, 0.3) is 0 Å². The summed E-state index contributed by atoms with van der Waals surface area (Å²) in [6.07, 6.45) is 2.04. The van der Waals surface area contributed by atoms with Crippen molar-refractivity contribution in [2.45, 2.75) is 18.9 Å². The van der Waals surface area contributed by atoms with E-state index in [-0.39, 0.29) is 6.15 Å². The first-order chi connectivity index (χ1) is 4.74. The Kier molecular flexibility index (Phi) is 4.15. The van der Waals surface area contributed by atoms with Crippen LogP contribution in [-0.4, -0.2) is 11.2 Å². The minimum Gasteiger partial charge on any atom is -0.344 e. The van der Waals surface area contributed by atoms with Gasteiger partial charge in [0.15, 0.2) is 0 Å². The molecule has 1 aromatic heterocycles. The Balaban J connectivity index is 0.000001000. The lowest BCUT2D eigenvalue weighted by atomic mass is 10.2. The average Bonchev–Trinajstić information content (AvgIpc) is 1.95. The molecule has 3 heteroatoms. The molecule has 1 rings (SSSR count). The van der Waals surface area contributed by atoms with Crippen molar-refractivity contribution in [2.24, 2.45) is 0 Å². The van der Waals surface area contributed by atoms with E-state index in [1.165, 1.54) is 5.56 Å². The van der Waals surface area contributed by atoms with Gasteiger partial charge in [0.2, 0.25) is 0 Å². The van der Waals surface area contributed by atoms with Crippen LogP contribution >= 0.6 is 11.8 Å². The normalized spacial score (nSPS) is 9.00. The summed E-state index contributed by atoms with van der Waals surface area (Å²) in [5.41, 5.74) is 2.39. The molecule has 0 aromatic carbocycles. The van der Waals surface area contributed by atoms with Gasteiger partial charge in [-0.1, -0.05) is 6.07 Å². The fourth-order valence-corrected chi connectivity index (χ4v) is 1.15. The SMILES string of the molecule is CSc1ccc(C)c(C)n1.N. The summed E-state index contributed by atoms with van der Waals surface area (Å²) in [7, 11) is 0. The quantitative estimate of drug-likeness (QED) is 0.659. The van der Waals surface area contributed by atoms with Gasteiger partial charge in [-0.05, 0) is 31.7 Å². The number of aryl methyl sites for hydroxylation is 2. The smallest absolute Gasteiger partial charge is 0.0960 e. The van der Waals surface area contributed by atoms with Crippen molar-refractivity contribution in [1.29, 1.82) is 0 Å². The number of rotatable bonds is 1. The lowest BCUT2D eigenvalue weighted by molar-refractivity contribution is 1.04. The molecule has 0 aliphatic carbocycles. The Bertz CT molecular complexity index is 236. The van der Waals surface area contributed by atoms with Gasteiger partial charge in [-0.15, -0.1) is 11.8 Å². The van der Waals surface area contributed by atoms with Crippen LogP contribution < -0.4 is 6.15 Å². The molecule has 0 fully saturated rings. The zero-order valence-electron chi connectivity index (χ0n) is 7.22. The number of pyridine rings is 1. The van der Waals surface area contributed by atoms with Crippen molar-refractivity contribution >= 4 is 11.8 Å². The van der Waals surface area contributed by atoms with Gasteiger partial charge in [0.1, 0.15) is 0 Å². The number of hydrogen-bond donors (Lipinski definition) is 1. The van der Waals surface area contributed by atoms with E-state index in [4.69, 9.17) is 0 Å². The number of thioether (sulfide) groups is 1. The molecule has 0 spiro atoms. The lowest BCUT2D eigenvalue weighted by Crippen LogP contribution is -1.86. The molecule has 0 amide bonds. The second-order valence-electron chi connectivity index (χ2n) is 2.26. The highest BCUT2D eigenvalue weighted by Crippen LogP contribution is 2.13. The minimum absolute atomic E-state index is 0. The van der Waals surface area contributed by atoms with Gasteiger partial charge >= 0.3 is 0 Å². The first-order valence-corrected chi connectivity index (χ1v) is 4.45. The molecule has 0 atom stereocenters. The van der Waals surface area contributed by atoms with Gasteiger partial charge in [0.05, 0.1) is 5.03 Å². The summed E-state index contributed by atoms with van der Waals surface area (Å²) in [6, 6.07) is 4.15. The summed E-state index contributed by atoms with van der Waals surface area (Å²) in [5, 5.41) is 1.10. The molecule has 2 nitrogen and oxygen atoms in total. The number of hydrogen-bond acceptors (Lipinski definition) is 3. The summed E-state index contributed by atoms with van der Waals surface area (Å²) in [5.74, 6) is 0. The van der Waals surface area contributed by atoms with E-state index >= 15 is 0 Å². The third-order valence-corrected chi connectivity index (χ3v) is 2.18. The largest absolute Gasteiger partial charge is 0.344 e. The van der Waals surface area contributed by atoms with Crippen LogP contribution in [0, 0.1) is 13.8 Å². The maximum absolute atomic E-state index is 4.35. The summed E-state index contributed by atoms with van der Waals surface area (Å²) >= 11 is 1.68. The fourth-order valence-electron chi connectivity index (χ4n) is 0.721. The van der Waals surface area contributed by atoms with E-state index in [1.54, 1.807) is 11.8 Å². The van der Waals surface area contributed by atoms with Crippen molar-refractivity contribution in [2.75, 3.05) is 6.26 Å². The molecule has 1 heterocycles. The highest BCUT2D eigenvalue weighted by molar-refractivity contribution is 7.98. The molecule has 0 saturated heterocycles. The second-order valence-corrected chi connectivity index (χ2v) is 3.08. The van der Waals surface area contributed by atoms with Crippen molar-refractivity contribution in [3.05, 3.63) is 23.4 Å². The van der Waals surface area contributed by atoms with Crippen LogP contribution in [0.1, 0.15) is 11.3 Å². The predicted octanol–water partition coefficient (Wildman–Crippen LogP) is 2.58. The van der Waals surface area contributed by atoms with E-state index in [0.717, 1.165) is 10.7 Å². The van der Waals surface area contributed by atoms with Crippen LogP contribution in [0.15, 0.2) is 17.2 Å². The fraction of sp³-hybridized carbons (Fsp3) is 0.375. The second kappa shape index (κ2) is 4.36. The lowest BCUT2D eigenvalue weighted by Gasteiger charge is -1.99. The molecule has 0 radical (unpaired) electrons. The summed E-state index contributed by atoms with van der Waals surface area (Å²) in [6.45, 7) is 4.11.